The predicted molar refractivity (Wildman–Crippen MR) is 63.8 cm³/mol. The zero-order valence-electron chi connectivity index (χ0n) is 9.53. The van der Waals surface area contributed by atoms with Crippen LogP contribution in [0.15, 0.2) is 10.6 Å². The van der Waals surface area contributed by atoms with Crippen molar-refractivity contribution < 1.29 is 9.32 Å². The molecule has 0 bridgehead atoms. The minimum absolute atomic E-state index is 0. The number of hydrogen-bond acceptors (Lipinski definition) is 4. The average molecular weight is 248 g/mol. The van der Waals surface area contributed by atoms with Crippen molar-refractivity contribution in [3.63, 3.8) is 0 Å². The number of carbonyl (C=O) groups is 1. The van der Waals surface area contributed by atoms with E-state index in [-0.39, 0.29) is 24.1 Å². The van der Waals surface area contributed by atoms with Crippen molar-refractivity contribution >= 4 is 18.3 Å². The normalized spacial score (nSPS) is 11.7. The maximum atomic E-state index is 11.4. The largest absolute Gasteiger partial charge is 0.351 e. The lowest BCUT2D eigenvalue weighted by Crippen LogP contribution is -2.28. The quantitative estimate of drug-likeness (QED) is 0.822. The Morgan fingerprint density at radius 2 is 2.38 bits per heavy atom. The second kappa shape index (κ2) is 7.24. The molecule has 0 aliphatic carbocycles. The van der Waals surface area contributed by atoms with Crippen molar-refractivity contribution in [3.8, 4) is 0 Å². The molecule has 0 spiro atoms. The van der Waals surface area contributed by atoms with Crippen LogP contribution in [0.2, 0.25) is 0 Å². The summed E-state index contributed by atoms with van der Waals surface area (Å²) < 4.78 is 4.94. The van der Waals surface area contributed by atoms with Crippen LogP contribution in [-0.4, -0.2) is 24.2 Å². The molecule has 1 atom stereocenters. The van der Waals surface area contributed by atoms with Gasteiger partial charge in [0.25, 0.3) is 5.91 Å². The summed E-state index contributed by atoms with van der Waals surface area (Å²) in [6.45, 7) is 4.96. The van der Waals surface area contributed by atoms with Gasteiger partial charge in [-0.15, -0.1) is 12.4 Å². The van der Waals surface area contributed by atoms with E-state index in [0.717, 1.165) is 12.1 Å². The molecule has 1 amide bonds. The van der Waals surface area contributed by atoms with Crippen LogP contribution in [0.5, 0.6) is 0 Å². The standard InChI is InChI=1S/C10H17N3O2.ClH/c1-3-7(2)8-6-9(15-13-8)10(14)12-5-4-11;/h6-7H,3-5,11H2,1-2H3,(H,12,14);1H. The van der Waals surface area contributed by atoms with Crippen molar-refractivity contribution in [3.05, 3.63) is 17.5 Å². The fourth-order valence-electron chi connectivity index (χ4n) is 1.11. The number of nitrogens with one attached hydrogen (secondary N) is 1. The zero-order chi connectivity index (χ0) is 11.3. The number of amides is 1. The fourth-order valence-corrected chi connectivity index (χ4v) is 1.11. The molecule has 0 saturated heterocycles. The minimum atomic E-state index is -0.262. The van der Waals surface area contributed by atoms with Crippen LogP contribution in [0.3, 0.4) is 0 Å². The fraction of sp³-hybridized carbons (Fsp3) is 0.600. The van der Waals surface area contributed by atoms with E-state index in [9.17, 15) is 4.79 Å². The number of nitrogens with two attached hydrogens (primary N) is 1. The van der Waals surface area contributed by atoms with Gasteiger partial charge in [0.15, 0.2) is 0 Å². The van der Waals surface area contributed by atoms with E-state index in [4.69, 9.17) is 10.3 Å². The summed E-state index contributed by atoms with van der Waals surface area (Å²) in [5.74, 6) is 0.297. The number of halogens is 1. The van der Waals surface area contributed by atoms with Gasteiger partial charge in [0.2, 0.25) is 5.76 Å². The van der Waals surface area contributed by atoms with Crippen LogP contribution in [0.1, 0.15) is 42.4 Å². The van der Waals surface area contributed by atoms with Crippen molar-refractivity contribution in [2.45, 2.75) is 26.2 Å². The van der Waals surface area contributed by atoms with Gasteiger partial charge in [-0.05, 0) is 6.42 Å². The SMILES string of the molecule is CCC(C)c1cc(C(=O)NCCN)on1.Cl. The van der Waals surface area contributed by atoms with Crippen molar-refractivity contribution in [1.29, 1.82) is 0 Å². The van der Waals surface area contributed by atoms with E-state index in [0.29, 0.717) is 19.0 Å². The van der Waals surface area contributed by atoms with Gasteiger partial charge < -0.3 is 15.6 Å². The second-order valence-electron chi connectivity index (χ2n) is 3.47. The molecular formula is C10H18ClN3O2. The van der Waals surface area contributed by atoms with Crippen LogP contribution in [0.4, 0.5) is 0 Å². The Balaban J connectivity index is 0.00000225. The van der Waals surface area contributed by atoms with Gasteiger partial charge in [-0.1, -0.05) is 19.0 Å². The summed E-state index contributed by atoms with van der Waals surface area (Å²) in [5.41, 5.74) is 6.08. The molecule has 0 aliphatic heterocycles. The Bertz CT molecular complexity index is 328. The lowest BCUT2D eigenvalue weighted by Gasteiger charge is -2.00. The Kier molecular flexibility index (Phi) is 6.76. The van der Waals surface area contributed by atoms with Crippen LogP contribution >= 0.6 is 12.4 Å². The summed E-state index contributed by atoms with van der Waals surface area (Å²) in [6.07, 6.45) is 0.969. The first kappa shape index (κ1) is 14.9. The third kappa shape index (κ3) is 3.83. The molecule has 0 aliphatic rings. The first-order valence-electron chi connectivity index (χ1n) is 5.13. The highest BCUT2D eigenvalue weighted by molar-refractivity contribution is 5.91. The monoisotopic (exact) mass is 247 g/mol. The van der Waals surface area contributed by atoms with E-state index in [2.05, 4.69) is 17.4 Å². The van der Waals surface area contributed by atoms with E-state index >= 15 is 0 Å². The Labute approximate surface area is 101 Å². The van der Waals surface area contributed by atoms with Gasteiger partial charge in [-0.3, -0.25) is 4.79 Å². The second-order valence-corrected chi connectivity index (χ2v) is 3.47. The van der Waals surface area contributed by atoms with Gasteiger partial charge >= 0.3 is 0 Å². The third-order valence-corrected chi connectivity index (χ3v) is 2.30. The minimum Gasteiger partial charge on any atom is -0.351 e. The lowest BCUT2D eigenvalue weighted by molar-refractivity contribution is 0.0918. The molecule has 16 heavy (non-hydrogen) atoms. The summed E-state index contributed by atoms with van der Waals surface area (Å²) in [4.78, 5) is 11.4. The predicted octanol–water partition coefficient (Wildman–Crippen LogP) is 1.30. The molecular weight excluding hydrogens is 230 g/mol. The molecule has 0 radical (unpaired) electrons. The smallest absolute Gasteiger partial charge is 0.289 e. The molecule has 1 aromatic heterocycles. The first-order valence-corrected chi connectivity index (χ1v) is 5.13. The highest BCUT2D eigenvalue weighted by Crippen LogP contribution is 2.17. The van der Waals surface area contributed by atoms with Crippen LogP contribution in [0.25, 0.3) is 0 Å². The molecule has 1 heterocycles. The van der Waals surface area contributed by atoms with E-state index in [1.165, 1.54) is 0 Å². The number of hydrogen-bond donors (Lipinski definition) is 2. The van der Waals surface area contributed by atoms with Gasteiger partial charge in [0, 0.05) is 25.1 Å². The number of carbonyl (C=O) groups excluding carboxylic acids is 1. The molecule has 1 unspecified atom stereocenters. The highest BCUT2D eigenvalue weighted by atomic mass is 35.5. The summed E-state index contributed by atoms with van der Waals surface area (Å²) in [6, 6.07) is 1.68. The highest BCUT2D eigenvalue weighted by Gasteiger charge is 2.14. The molecule has 92 valence electrons. The van der Waals surface area contributed by atoms with E-state index < -0.39 is 0 Å². The van der Waals surface area contributed by atoms with E-state index in [1.807, 2.05) is 6.92 Å². The molecule has 0 fully saturated rings. The molecule has 5 nitrogen and oxygen atoms in total. The molecule has 3 N–H and O–H groups in total. The third-order valence-electron chi connectivity index (χ3n) is 2.30. The molecule has 1 aromatic rings. The average Bonchev–Trinajstić information content (AvgIpc) is 2.74. The van der Waals surface area contributed by atoms with Gasteiger partial charge in [0.05, 0.1) is 5.69 Å². The summed E-state index contributed by atoms with van der Waals surface area (Å²) >= 11 is 0. The van der Waals surface area contributed by atoms with Gasteiger partial charge in [0.1, 0.15) is 0 Å². The number of nitrogens with zero attached hydrogens (tertiary/aromatic N) is 1. The maximum Gasteiger partial charge on any atom is 0.289 e. The zero-order valence-corrected chi connectivity index (χ0v) is 10.3. The van der Waals surface area contributed by atoms with Crippen molar-refractivity contribution in [1.82, 2.24) is 10.5 Å². The Hall–Kier alpha value is -1.07. The number of rotatable bonds is 5. The van der Waals surface area contributed by atoms with Crippen molar-refractivity contribution in [2.75, 3.05) is 13.1 Å². The topological polar surface area (TPSA) is 81.2 Å². The maximum absolute atomic E-state index is 11.4. The van der Waals surface area contributed by atoms with E-state index in [1.54, 1.807) is 6.07 Å². The molecule has 1 rings (SSSR count). The Morgan fingerprint density at radius 1 is 1.69 bits per heavy atom. The summed E-state index contributed by atoms with van der Waals surface area (Å²) in [5, 5.41) is 6.47. The Morgan fingerprint density at radius 3 is 2.94 bits per heavy atom. The molecule has 6 heteroatoms. The van der Waals surface area contributed by atoms with Crippen LogP contribution < -0.4 is 11.1 Å². The van der Waals surface area contributed by atoms with Gasteiger partial charge in [-0.2, -0.15) is 0 Å². The first-order chi connectivity index (χ1) is 7.19. The summed E-state index contributed by atoms with van der Waals surface area (Å²) in [7, 11) is 0. The van der Waals surface area contributed by atoms with Crippen LogP contribution in [-0.2, 0) is 0 Å². The molecule has 0 saturated carbocycles. The number of aromatic nitrogens is 1. The molecule has 0 aromatic carbocycles. The van der Waals surface area contributed by atoms with Gasteiger partial charge in [-0.25, -0.2) is 0 Å². The lowest BCUT2D eigenvalue weighted by atomic mass is 10.1. The van der Waals surface area contributed by atoms with Crippen molar-refractivity contribution in [2.24, 2.45) is 5.73 Å². The van der Waals surface area contributed by atoms with Crippen LogP contribution in [0, 0.1) is 0 Å².